The van der Waals surface area contributed by atoms with E-state index in [1.807, 2.05) is 0 Å². The van der Waals surface area contributed by atoms with Crippen molar-refractivity contribution in [1.82, 2.24) is 24.6 Å². The summed E-state index contributed by atoms with van der Waals surface area (Å²) in [4.78, 5) is 12.1. The van der Waals surface area contributed by atoms with Gasteiger partial charge < -0.3 is 14.8 Å². The molecule has 0 aliphatic carbocycles. The van der Waals surface area contributed by atoms with Crippen LogP contribution in [0, 0.1) is 0 Å². The van der Waals surface area contributed by atoms with Gasteiger partial charge in [-0.2, -0.15) is 4.31 Å². The maximum atomic E-state index is 13.2. The van der Waals surface area contributed by atoms with Crippen molar-refractivity contribution in [2.45, 2.75) is 23.8 Å². The standard InChI is InChI=1S/C18H24ClN5O5S/c1-28-9-7-20-18(25)15-12-24(22-21-15)14-4-3-8-23(11-14)30(26,27)17-10-13(19)5-6-16(17)29-2/h5-6,10,12,14H,3-4,7-9,11H2,1-2H3,(H,20,25). The van der Waals surface area contributed by atoms with Gasteiger partial charge in [0.05, 0.1) is 26.0 Å². The van der Waals surface area contributed by atoms with Gasteiger partial charge in [-0.3, -0.25) is 4.79 Å². The van der Waals surface area contributed by atoms with Gasteiger partial charge in [-0.1, -0.05) is 16.8 Å². The Morgan fingerprint density at radius 3 is 2.90 bits per heavy atom. The van der Waals surface area contributed by atoms with Gasteiger partial charge in [0.2, 0.25) is 10.0 Å². The fourth-order valence-electron chi connectivity index (χ4n) is 3.26. The SMILES string of the molecule is COCCNC(=O)c1cn(C2CCCN(S(=O)(=O)c3cc(Cl)ccc3OC)C2)nn1. The molecule has 1 N–H and O–H groups in total. The molecule has 10 nitrogen and oxygen atoms in total. The summed E-state index contributed by atoms with van der Waals surface area (Å²) >= 11 is 6.01. The molecule has 0 bridgehead atoms. The van der Waals surface area contributed by atoms with Gasteiger partial charge in [0, 0.05) is 31.8 Å². The number of nitrogens with one attached hydrogen (secondary N) is 1. The molecule has 12 heteroatoms. The lowest BCUT2D eigenvalue weighted by Crippen LogP contribution is -2.41. The second kappa shape index (κ2) is 9.73. The van der Waals surface area contributed by atoms with Crippen molar-refractivity contribution >= 4 is 27.5 Å². The van der Waals surface area contributed by atoms with Crippen molar-refractivity contribution in [3.8, 4) is 5.75 Å². The van der Waals surface area contributed by atoms with Crippen molar-refractivity contribution < 1.29 is 22.7 Å². The number of carbonyl (C=O) groups excluding carboxylic acids is 1. The molecule has 1 aliphatic heterocycles. The molecule has 1 atom stereocenters. The number of hydrogen-bond acceptors (Lipinski definition) is 7. The van der Waals surface area contributed by atoms with Gasteiger partial charge >= 0.3 is 0 Å². The Morgan fingerprint density at radius 1 is 1.37 bits per heavy atom. The third-order valence-corrected chi connectivity index (χ3v) is 6.93. The predicted molar refractivity (Wildman–Crippen MR) is 109 cm³/mol. The lowest BCUT2D eigenvalue weighted by atomic mass is 10.1. The number of sulfonamides is 1. The number of piperidine rings is 1. The van der Waals surface area contributed by atoms with Crippen LogP contribution in [0.1, 0.15) is 29.4 Å². The Balaban J connectivity index is 1.76. The Morgan fingerprint density at radius 2 is 2.17 bits per heavy atom. The number of hydrogen-bond donors (Lipinski definition) is 1. The largest absolute Gasteiger partial charge is 0.495 e. The number of halogens is 1. The quantitative estimate of drug-likeness (QED) is 0.594. The van der Waals surface area contributed by atoms with Crippen LogP contribution in [0.5, 0.6) is 5.75 Å². The maximum Gasteiger partial charge on any atom is 0.273 e. The zero-order chi connectivity index (χ0) is 21.7. The topological polar surface area (TPSA) is 116 Å². The van der Waals surface area contributed by atoms with Crippen molar-refractivity contribution in [2.75, 3.05) is 40.5 Å². The first-order chi connectivity index (χ1) is 14.4. The highest BCUT2D eigenvalue weighted by Crippen LogP contribution is 2.32. The molecule has 1 aromatic carbocycles. The first-order valence-corrected chi connectivity index (χ1v) is 11.2. The van der Waals surface area contributed by atoms with E-state index in [0.717, 1.165) is 0 Å². The second-order valence-corrected chi connectivity index (χ2v) is 9.13. The van der Waals surface area contributed by atoms with E-state index < -0.39 is 10.0 Å². The van der Waals surface area contributed by atoms with E-state index >= 15 is 0 Å². The molecule has 2 heterocycles. The molecular weight excluding hydrogens is 434 g/mol. The van der Waals surface area contributed by atoms with Crippen LogP contribution in [0.25, 0.3) is 0 Å². The Kier molecular flexibility index (Phi) is 7.29. The number of carbonyl (C=O) groups is 1. The van der Waals surface area contributed by atoms with E-state index in [-0.39, 0.29) is 34.8 Å². The lowest BCUT2D eigenvalue weighted by Gasteiger charge is -2.32. The van der Waals surface area contributed by atoms with Crippen molar-refractivity contribution in [2.24, 2.45) is 0 Å². The number of benzene rings is 1. The zero-order valence-corrected chi connectivity index (χ0v) is 18.3. The molecule has 1 fully saturated rings. The molecule has 0 radical (unpaired) electrons. The highest BCUT2D eigenvalue weighted by molar-refractivity contribution is 7.89. The fourth-order valence-corrected chi connectivity index (χ4v) is 5.20. The zero-order valence-electron chi connectivity index (χ0n) is 16.7. The monoisotopic (exact) mass is 457 g/mol. The van der Waals surface area contributed by atoms with E-state index in [0.29, 0.717) is 37.6 Å². The minimum absolute atomic E-state index is 0.0231. The molecule has 30 heavy (non-hydrogen) atoms. The molecule has 1 aromatic heterocycles. The Hall–Kier alpha value is -2.21. The van der Waals surface area contributed by atoms with Crippen LogP contribution in [-0.4, -0.2) is 74.1 Å². The number of nitrogens with zero attached hydrogens (tertiary/aromatic N) is 4. The van der Waals surface area contributed by atoms with Crippen LogP contribution in [0.15, 0.2) is 29.3 Å². The van der Waals surface area contributed by atoms with Crippen LogP contribution >= 0.6 is 11.6 Å². The summed E-state index contributed by atoms with van der Waals surface area (Å²) in [5, 5.41) is 10.9. The van der Waals surface area contributed by atoms with Gasteiger partial charge in [0.15, 0.2) is 5.69 Å². The van der Waals surface area contributed by atoms with Gasteiger partial charge in [-0.05, 0) is 31.0 Å². The number of ether oxygens (including phenoxy) is 2. The number of methoxy groups -OCH3 is 2. The van der Waals surface area contributed by atoms with Crippen LogP contribution < -0.4 is 10.1 Å². The van der Waals surface area contributed by atoms with Crippen molar-refractivity contribution in [3.05, 3.63) is 35.1 Å². The van der Waals surface area contributed by atoms with Crippen LogP contribution in [0.3, 0.4) is 0 Å². The lowest BCUT2D eigenvalue weighted by molar-refractivity contribution is 0.0932. The Bertz CT molecular complexity index is 997. The maximum absolute atomic E-state index is 13.2. The first-order valence-electron chi connectivity index (χ1n) is 9.39. The van der Waals surface area contributed by atoms with Gasteiger partial charge in [-0.25, -0.2) is 13.1 Å². The highest BCUT2D eigenvalue weighted by atomic mass is 35.5. The minimum atomic E-state index is -3.82. The highest BCUT2D eigenvalue weighted by Gasteiger charge is 2.33. The normalized spacial score (nSPS) is 17.6. The third kappa shape index (κ3) is 4.91. The van der Waals surface area contributed by atoms with Crippen molar-refractivity contribution in [1.29, 1.82) is 0 Å². The van der Waals surface area contributed by atoms with Crippen molar-refractivity contribution in [3.63, 3.8) is 0 Å². The molecule has 1 amide bonds. The molecule has 0 spiro atoms. The third-order valence-electron chi connectivity index (χ3n) is 4.81. The van der Waals surface area contributed by atoms with E-state index in [4.69, 9.17) is 21.1 Å². The second-order valence-electron chi connectivity index (χ2n) is 6.79. The summed E-state index contributed by atoms with van der Waals surface area (Å²) in [6.45, 7) is 1.32. The summed E-state index contributed by atoms with van der Waals surface area (Å²) in [7, 11) is -0.865. The fraction of sp³-hybridized carbons (Fsp3) is 0.500. The average Bonchev–Trinajstić information content (AvgIpc) is 3.24. The molecule has 2 aromatic rings. The molecule has 164 valence electrons. The average molecular weight is 458 g/mol. The van der Waals surface area contributed by atoms with Gasteiger partial charge in [0.1, 0.15) is 10.6 Å². The number of rotatable bonds is 8. The minimum Gasteiger partial charge on any atom is -0.495 e. The van der Waals surface area contributed by atoms with Gasteiger partial charge in [0.25, 0.3) is 5.91 Å². The molecule has 1 aliphatic rings. The molecule has 1 unspecified atom stereocenters. The molecule has 0 saturated carbocycles. The van der Waals surface area contributed by atoms with E-state index in [2.05, 4.69) is 15.6 Å². The summed E-state index contributed by atoms with van der Waals surface area (Å²) < 4.78 is 39.5. The van der Waals surface area contributed by atoms with Crippen LogP contribution in [0.2, 0.25) is 5.02 Å². The smallest absolute Gasteiger partial charge is 0.273 e. The van der Waals surface area contributed by atoms with Crippen LogP contribution in [0.4, 0.5) is 0 Å². The Labute approximate surface area is 180 Å². The molecule has 1 saturated heterocycles. The van der Waals surface area contributed by atoms with E-state index in [1.165, 1.54) is 29.7 Å². The number of amides is 1. The summed E-state index contributed by atoms with van der Waals surface area (Å²) in [5.41, 5.74) is 0.169. The van der Waals surface area contributed by atoms with Crippen LogP contribution in [-0.2, 0) is 14.8 Å². The molecular formula is C18H24ClN5O5S. The van der Waals surface area contributed by atoms with E-state index in [1.54, 1.807) is 17.9 Å². The van der Waals surface area contributed by atoms with Gasteiger partial charge in [-0.15, -0.1) is 5.10 Å². The summed E-state index contributed by atoms with van der Waals surface area (Å²) in [5.74, 6) is -0.125. The first kappa shape index (κ1) is 22.5. The molecule has 3 rings (SSSR count). The van der Waals surface area contributed by atoms with E-state index in [9.17, 15) is 13.2 Å². The predicted octanol–water partition coefficient (Wildman–Crippen LogP) is 1.34. The summed E-state index contributed by atoms with van der Waals surface area (Å²) in [6, 6.07) is 4.25. The summed E-state index contributed by atoms with van der Waals surface area (Å²) in [6.07, 6.45) is 2.89. The number of aromatic nitrogens is 3.